The maximum absolute atomic E-state index is 13.6. The number of amides is 1. The molecule has 0 unspecified atom stereocenters. The summed E-state index contributed by atoms with van der Waals surface area (Å²) in [6.45, 7) is 3.94. The zero-order valence-corrected chi connectivity index (χ0v) is 17.7. The molecule has 154 valence electrons. The largest absolute Gasteiger partial charge is 0.349 e. The molecule has 3 aromatic rings. The van der Waals surface area contributed by atoms with Gasteiger partial charge in [-0.25, -0.2) is 8.42 Å². The normalized spacial score (nSPS) is 11.0. The van der Waals surface area contributed by atoms with Gasteiger partial charge in [-0.1, -0.05) is 66.2 Å². The number of nitrogens with one attached hydrogen (secondary N) is 1. The van der Waals surface area contributed by atoms with Crippen molar-refractivity contribution in [2.24, 2.45) is 0 Å². The fraction of sp³-hybridized carbons (Fsp3) is 0.0870. The average molecular weight is 441 g/mol. The van der Waals surface area contributed by atoms with E-state index in [1.54, 1.807) is 42.5 Å². The van der Waals surface area contributed by atoms with Gasteiger partial charge in [-0.05, 0) is 35.9 Å². The zero-order valence-electron chi connectivity index (χ0n) is 16.2. The van der Waals surface area contributed by atoms with Crippen LogP contribution in [0.4, 0.5) is 5.69 Å². The smallest absolute Gasteiger partial charge is 0.264 e. The fourth-order valence-corrected chi connectivity index (χ4v) is 4.70. The van der Waals surface area contributed by atoms with Gasteiger partial charge in [-0.2, -0.15) is 0 Å². The Morgan fingerprint density at radius 2 is 1.70 bits per heavy atom. The first-order valence-electron chi connectivity index (χ1n) is 9.24. The highest BCUT2D eigenvalue weighted by atomic mass is 35.5. The third-order valence-electron chi connectivity index (χ3n) is 4.38. The number of benzene rings is 3. The minimum atomic E-state index is -4.00. The van der Waals surface area contributed by atoms with Crippen LogP contribution >= 0.6 is 11.6 Å². The lowest BCUT2D eigenvalue weighted by Gasteiger charge is -2.26. The van der Waals surface area contributed by atoms with E-state index in [4.69, 9.17) is 11.6 Å². The lowest BCUT2D eigenvalue weighted by Crippen LogP contribution is -2.31. The second-order valence-corrected chi connectivity index (χ2v) is 8.74. The molecule has 0 saturated heterocycles. The van der Waals surface area contributed by atoms with E-state index in [0.29, 0.717) is 10.7 Å². The van der Waals surface area contributed by atoms with Crippen LogP contribution in [0, 0.1) is 0 Å². The Balaban J connectivity index is 2.05. The first kappa shape index (κ1) is 21.6. The molecule has 0 fully saturated rings. The van der Waals surface area contributed by atoms with Gasteiger partial charge in [-0.15, -0.1) is 6.58 Å². The molecule has 1 amide bonds. The van der Waals surface area contributed by atoms with Gasteiger partial charge in [0.2, 0.25) is 0 Å². The number of hydrogen-bond acceptors (Lipinski definition) is 3. The summed E-state index contributed by atoms with van der Waals surface area (Å²) in [7, 11) is -4.00. The molecule has 0 saturated carbocycles. The van der Waals surface area contributed by atoms with Gasteiger partial charge in [0, 0.05) is 12.1 Å². The van der Waals surface area contributed by atoms with Crippen LogP contribution in [-0.2, 0) is 16.6 Å². The predicted molar refractivity (Wildman–Crippen MR) is 120 cm³/mol. The first-order chi connectivity index (χ1) is 14.4. The van der Waals surface area contributed by atoms with Gasteiger partial charge >= 0.3 is 0 Å². The van der Waals surface area contributed by atoms with E-state index < -0.39 is 10.0 Å². The van der Waals surface area contributed by atoms with Crippen LogP contribution < -0.4 is 9.62 Å². The second-order valence-electron chi connectivity index (χ2n) is 6.48. The Hall–Kier alpha value is -3.09. The first-order valence-corrected chi connectivity index (χ1v) is 11.1. The molecule has 7 heteroatoms. The molecule has 0 spiro atoms. The van der Waals surface area contributed by atoms with E-state index in [9.17, 15) is 13.2 Å². The highest BCUT2D eigenvalue weighted by Gasteiger charge is 2.27. The van der Waals surface area contributed by atoms with Crippen LogP contribution in [-0.4, -0.2) is 20.9 Å². The Kier molecular flexibility index (Phi) is 6.92. The van der Waals surface area contributed by atoms with Gasteiger partial charge < -0.3 is 5.32 Å². The standard InChI is InChI=1S/C23H21ClN2O3S/c1-2-15-25-23(27)19-11-8-12-20(16-19)30(28,29)26(17-18-9-4-3-5-10-18)22-14-7-6-13-21(22)24/h2-14,16H,1,15,17H2,(H,25,27). The third kappa shape index (κ3) is 4.90. The lowest BCUT2D eigenvalue weighted by atomic mass is 10.2. The summed E-state index contributed by atoms with van der Waals surface area (Å²) in [5.74, 6) is -0.376. The van der Waals surface area contributed by atoms with Crippen molar-refractivity contribution in [3.63, 3.8) is 0 Å². The summed E-state index contributed by atoms with van der Waals surface area (Å²) < 4.78 is 28.5. The number of sulfonamides is 1. The predicted octanol–water partition coefficient (Wildman–Crippen LogP) is 4.65. The van der Waals surface area contributed by atoms with E-state index in [1.807, 2.05) is 30.3 Å². The molecule has 3 rings (SSSR count). The third-order valence-corrected chi connectivity index (χ3v) is 6.46. The monoisotopic (exact) mass is 440 g/mol. The molecular formula is C23H21ClN2O3S. The number of hydrogen-bond donors (Lipinski definition) is 1. The summed E-state index contributed by atoms with van der Waals surface area (Å²) >= 11 is 6.34. The van der Waals surface area contributed by atoms with E-state index >= 15 is 0 Å². The quantitative estimate of drug-likeness (QED) is 0.518. The highest BCUT2D eigenvalue weighted by Crippen LogP contribution is 2.32. The summed E-state index contributed by atoms with van der Waals surface area (Å²) in [6, 6.07) is 22.0. The van der Waals surface area contributed by atoms with Crippen LogP contribution in [0.25, 0.3) is 0 Å². The van der Waals surface area contributed by atoms with Crippen LogP contribution in [0.5, 0.6) is 0 Å². The Morgan fingerprint density at radius 1 is 1.00 bits per heavy atom. The molecule has 0 bridgehead atoms. The molecule has 0 aromatic heterocycles. The van der Waals surface area contributed by atoms with Crippen molar-refractivity contribution in [3.05, 3.63) is 108 Å². The van der Waals surface area contributed by atoms with Crippen LogP contribution in [0.3, 0.4) is 0 Å². The number of rotatable bonds is 8. The van der Waals surface area contributed by atoms with Crippen molar-refractivity contribution in [2.75, 3.05) is 10.8 Å². The minimum Gasteiger partial charge on any atom is -0.349 e. The number of anilines is 1. The number of carbonyl (C=O) groups excluding carboxylic acids is 1. The van der Waals surface area contributed by atoms with Crippen molar-refractivity contribution >= 4 is 33.2 Å². The molecule has 30 heavy (non-hydrogen) atoms. The van der Waals surface area contributed by atoms with Crippen molar-refractivity contribution in [2.45, 2.75) is 11.4 Å². The van der Waals surface area contributed by atoms with Crippen LogP contribution in [0.15, 0.2) is 96.4 Å². The maximum atomic E-state index is 13.6. The van der Waals surface area contributed by atoms with Gasteiger partial charge in [0.05, 0.1) is 22.2 Å². The fourth-order valence-electron chi connectivity index (χ4n) is 2.89. The summed E-state index contributed by atoms with van der Waals surface area (Å²) in [5.41, 5.74) is 1.42. The maximum Gasteiger partial charge on any atom is 0.264 e. The van der Waals surface area contributed by atoms with Gasteiger partial charge in [0.25, 0.3) is 15.9 Å². The molecule has 3 aromatic carbocycles. The molecular weight excluding hydrogens is 420 g/mol. The molecule has 5 nitrogen and oxygen atoms in total. The van der Waals surface area contributed by atoms with E-state index in [-0.39, 0.29) is 29.5 Å². The molecule has 1 N–H and O–H groups in total. The minimum absolute atomic E-state index is 0.00426. The van der Waals surface area contributed by atoms with Crippen molar-refractivity contribution in [1.82, 2.24) is 5.32 Å². The summed E-state index contributed by atoms with van der Waals surface area (Å²) in [5, 5.41) is 2.97. The van der Waals surface area contributed by atoms with E-state index in [0.717, 1.165) is 5.56 Å². The Labute approximate surface area is 181 Å². The summed E-state index contributed by atoms with van der Waals surface area (Å²) in [4.78, 5) is 12.3. The average Bonchev–Trinajstić information content (AvgIpc) is 2.77. The van der Waals surface area contributed by atoms with Gasteiger partial charge in [-0.3, -0.25) is 9.10 Å². The van der Waals surface area contributed by atoms with E-state index in [1.165, 1.54) is 16.4 Å². The molecule has 0 aliphatic heterocycles. The summed E-state index contributed by atoms with van der Waals surface area (Å²) in [6.07, 6.45) is 1.55. The van der Waals surface area contributed by atoms with Crippen LogP contribution in [0.2, 0.25) is 5.02 Å². The van der Waals surface area contributed by atoms with Gasteiger partial charge in [0.15, 0.2) is 0 Å². The highest BCUT2D eigenvalue weighted by molar-refractivity contribution is 7.92. The number of halogens is 1. The number of nitrogens with zero attached hydrogens (tertiary/aromatic N) is 1. The van der Waals surface area contributed by atoms with E-state index in [2.05, 4.69) is 11.9 Å². The Morgan fingerprint density at radius 3 is 2.40 bits per heavy atom. The topological polar surface area (TPSA) is 66.5 Å². The van der Waals surface area contributed by atoms with Crippen LogP contribution in [0.1, 0.15) is 15.9 Å². The molecule has 0 atom stereocenters. The number of carbonyl (C=O) groups is 1. The molecule has 0 radical (unpaired) electrons. The lowest BCUT2D eigenvalue weighted by molar-refractivity contribution is 0.0958. The zero-order chi connectivity index (χ0) is 21.6. The molecule has 0 aliphatic carbocycles. The van der Waals surface area contributed by atoms with Crippen molar-refractivity contribution in [1.29, 1.82) is 0 Å². The molecule has 0 aliphatic rings. The number of para-hydroxylation sites is 1. The SMILES string of the molecule is C=CCNC(=O)c1cccc(S(=O)(=O)N(Cc2ccccc2)c2ccccc2Cl)c1. The molecule has 0 heterocycles. The van der Waals surface area contributed by atoms with Crippen molar-refractivity contribution in [3.8, 4) is 0 Å². The second kappa shape index (κ2) is 9.61. The van der Waals surface area contributed by atoms with Crippen molar-refractivity contribution < 1.29 is 13.2 Å². The van der Waals surface area contributed by atoms with Gasteiger partial charge in [0.1, 0.15) is 0 Å². The Bertz CT molecular complexity index is 1150.